The summed E-state index contributed by atoms with van der Waals surface area (Å²) in [4.78, 5) is 8.26. The van der Waals surface area contributed by atoms with Gasteiger partial charge in [0.15, 0.2) is 11.5 Å². The highest BCUT2D eigenvalue weighted by atomic mass is 79.9. The molecule has 0 aliphatic heterocycles. The van der Waals surface area contributed by atoms with Crippen molar-refractivity contribution in [3.8, 4) is 17.2 Å². The summed E-state index contributed by atoms with van der Waals surface area (Å²) in [6.07, 6.45) is 1.46. The van der Waals surface area contributed by atoms with Crippen LogP contribution in [0.4, 0.5) is 0 Å². The molecule has 5 nitrogen and oxygen atoms in total. The zero-order valence-electron chi connectivity index (χ0n) is 9.65. The number of rotatable bonds is 3. The van der Waals surface area contributed by atoms with E-state index >= 15 is 0 Å². The van der Waals surface area contributed by atoms with Crippen molar-refractivity contribution in [1.82, 2.24) is 9.97 Å². The van der Waals surface area contributed by atoms with Gasteiger partial charge in [0.05, 0.1) is 21.3 Å². The fraction of sp³-hybridized carbons (Fsp3) is 0.273. The molecule has 1 aromatic carbocycles. The van der Waals surface area contributed by atoms with Crippen LogP contribution in [0.15, 0.2) is 17.0 Å². The highest BCUT2D eigenvalue weighted by Crippen LogP contribution is 2.43. The molecule has 0 fully saturated rings. The number of nitrogens with zero attached hydrogens (tertiary/aromatic N) is 2. The average molecular weight is 299 g/mol. The fourth-order valence-electron chi connectivity index (χ4n) is 1.63. The minimum atomic E-state index is 0.521. The summed E-state index contributed by atoms with van der Waals surface area (Å²) < 4.78 is 16.6. The third-order valence-electron chi connectivity index (χ3n) is 2.38. The van der Waals surface area contributed by atoms with Crippen LogP contribution in [-0.4, -0.2) is 31.3 Å². The van der Waals surface area contributed by atoms with Gasteiger partial charge in [0.25, 0.3) is 0 Å². The highest BCUT2D eigenvalue weighted by Gasteiger charge is 2.18. The second-order valence-corrected chi connectivity index (χ2v) is 3.96. The van der Waals surface area contributed by atoms with Crippen LogP contribution in [0.2, 0.25) is 0 Å². The first-order valence-electron chi connectivity index (χ1n) is 4.82. The standard InChI is InChI=1S/C11H11BrN2O3/c1-15-7-4-6-8(13-5-14-11(6)12)10(17-3)9(7)16-2/h4-5H,1-3H3. The predicted octanol–water partition coefficient (Wildman–Crippen LogP) is 2.42. The minimum Gasteiger partial charge on any atom is -0.493 e. The minimum absolute atomic E-state index is 0.521. The summed E-state index contributed by atoms with van der Waals surface area (Å²) in [5, 5.41) is 0.807. The van der Waals surface area contributed by atoms with Gasteiger partial charge < -0.3 is 14.2 Å². The second kappa shape index (κ2) is 4.75. The summed E-state index contributed by atoms with van der Waals surface area (Å²) in [6.45, 7) is 0. The van der Waals surface area contributed by atoms with Crippen molar-refractivity contribution >= 4 is 26.8 Å². The summed E-state index contributed by atoms with van der Waals surface area (Å²) >= 11 is 3.37. The molecule has 2 rings (SSSR count). The molecule has 0 radical (unpaired) electrons. The van der Waals surface area contributed by atoms with E-state index in [1.807, 2.05) is 0 Å². The molecule has 0 saturated heterocycles. The van der Waals surface area contributed by atoms with Crippen molar-refractivity contribution in [1.29, 1.82) is 0 Å². The number of hydrogen-bond donors (Lipinski definition) is 0. The Balaban J connectivity index is 2.88. The van der Waals surface area contributed by atoms with Crippen LogP contribution >= 0.6 is 15.9 Å². The van der Waals surface area contributed by atoms with E-state index in [1.54, 1.807) is 27.4 Å². The molecule has 0 N–H and O–H groups in total. The van der Waals surface area contributed by atoms with Crippen molar-refractivity contribution in [2.45, 2.75) is 0 Å². The zero-order valence-corrected chi connectivity index (χ0v) is 11.2. The third kappa shape index (κ3) is 1.88. The molecule has 0 saturated carbocycles. The summed E-state index contributed by atoms with van der Waals surface area (Å²) in [7, 11) is 4.69. The molecule has 6 heteroatoms. The van der Waals surface area contributed by atoms with E-state index in [0.29, 0.717) is 27.4 Å². The Bertz CT molecular complexity index is 560. The number of hydrogen-bond acceptors (Lipinski definition) is 5. The van der Waals surface area contributed by atoms with Gasteiger partial charge in [-0.2, -0.15) is 0 Å². The summed E-state index contributed by atoms with van der Waals surface area (Å²) in [5.41, 5.74) is 0.673. The fourth-order valence-corrected chi connectivity index (χ4v) is 2.03. The van der Waals surface area contributed by atoms with Crippen LogP contribution in [0.1, 0.15) is 0 Å². The largest absolute Gasteiger partial charge is 0.493 e. The van der Waals surface area contributed by atoms with Gasteiger partial charge in [-0.3, -0.25) is 0 Å². The Morgan fingerprint density at radius 2 is 1.71 bits per heavy atom. The van der Waals surface area contributed by atoms with E-state index in [9.17, 15) is 0 Å². The second-order valence-electron chi connectivity index (χ2n) is 3.21. The predicted molar refractivity (Wildman–Crippen MR) is 66.9 cm³/mol. The maximum Gasteiger partial charge on any atom is 0.205 e. The first-order chi connectivity index (χ1) is 8.22. The molecule has 17 heavy (non-hydrogen) atoms. The summed E-state index contributed by atoms with van der Waals surface area (Å²) in [6, 6.07) is 1.81. The number of halogens is 1. The number of fused-ring (bicyclic) bond motifs is 1. The Hall–Kier alpha value is -1.56. The van der Waals surface area contributed by atoms with Crippen molar-refractivity contribution in [3.63, 3.8) is 0 Å². The molecule has 0 spiro atoms. The summed E-state index contributed by atoms with van der Waals surface area (Å²) in [5.74, 6) is 1.63. The van der Waals surface area contributed by atoms with E-state index < -0.39 is 0 Å². The zero-order chi connectivity index (χ0) is 12.4. The lowest BCUT2D eigenvalue weighted by Gasteiger charge is -2.14. The monoisotopic (exact) mass is 298 g/mol. The smallest absolute Gasteiger partial charge is 0.205 e. The normalized spacial score (nSPS) is 10.4. The van der Waals surface area contributed by atoms with Crippen molar-refractivity contribution in [2.75, 3.05) is 21.3 Å². The lowest BCUT2D eigenvalue weighted by atomic mass is 10.2. The quantitative estimate of drug-likeness (QED) is 0.815. The third-order valence-corrected chi connectivity index (χ3v) is 3.02. The van der Waals surface area contributed by atoms with Crippen LogP contribution < -0.4 is 14.2 Å². The molecule has 1 heterocycles. The molecular formula is C11H11BrN2O3. The van der Waals surface area contributed by atoms with Gasteiger partial charge in [0, 0.05) is 5.39 Å². The van der Waals surface area contributed by atoms with Gasteiger partial charge >= 0.3 is 0 Å². The molecule has 0 aliphatic rings. The maximum atomic E-state index is 5.33. The number of ether oxygens (including phenoxy) is 3. The molecule has 0 atom stereocenters. The molecule has 0 bridgehead atoms. The van der Waals surface area contributed by atoms with Crippen LogP contribution in [0.25, 0.3) is 10.9 Å². The Morgan fingerprint density at radius 1 is 1.00 bits per heavy atom. The molecule has 2 aromatic rings. The van der Waals surface area contributed by atoms with Gasteiger partial charge in [-0.15, -0.1) is 0 Å². The van der Waals surface area contributed by atoms with E-state index in [0.717, 1.165) is 5.39 Å². The first kappa shape index (κ1) is 11.9. The lowest BCUT2D eigenvalue weighted by molar-refractivity contribution is 0.327. The van der Waals surface area contributed by atoms with E-state index in [-0.39, 0.29) is 0 Å². The molecule has 0 aliphatic carbocycles. The highest BCUT2D eigenvalue weighted by molar-refractivity contribution is 9.10. The van der Waals surface area contributed by atoms with Crippen LogP contribution in [0.5, 0.6) is 17.2 Å². The van der Waals surface area contributed by atoms with Crippen LogP contribution in [0.3, 0.4) is 0 Å². The number of aromatic nitrogens is 2. The van der Waals surface area contributed by atoms with Gasteiger partial charge in [0.1, 0.15) is 16.4 Å². The molecule has 90 valence electrons. The van der Waals surface area contributed by atoms with Gasteiger partial charge in [-0.1, -0.05) is 0 Å². The lowest BCUT2D eigenvalue weighted by Crippen LogP contribution is -1.97. The number of benzene rings is 1. The van der Waals surface area contributed by atoms with E-state index in [2.05, 4.69) is 25.9 Å². The average Bonchev–Trinajstić information content (AvgIpc) is 2.36. The molecule has 1 aromatic heterocycles. The van der Waals surface area contributed by atoms with Gasteiger partial charge in [-0.05, 0) is 22.0 Å². The van der Waals surface area contributed by atoms with Crippen LogP contribution in [0, 0.1) is 0 Å². The SMILES string of the molecule is COc1cc2c(Br)ncnc2c(OC)c1OC. The van der Waals surface area contributed by atoms with Crippen molar-refractivity contribution in [3.05, 3.63) is 17.0 Å². The molecule has 0 unspecified atom stereocenters. The van der Waals surface area contributed by atoms with Crippen molar-refractivity contribution in [2.24, 2.45) is 0 Å². The molecule has 0 amide bonds. The van der Waals surface area contributed by atoms with E-state index in [1.165, 1.54) is 6.33 Å². The Morgan fingerprint density at radius 3 is 2.29 bits per heavy atom. The number of methoxy groups -OCH3 is 3. The van der Waals surface area contributed by atoms with Gasteiger partial charge in [-0.25, -0.2) is 9.97 Å². The molecular weight excluding hydrogens is 288 g/mol. The van der Waals surface area contributed by atoms with E-state index in [4.69, 9.17) is 14.2 Å². The van der Waals surface area contributed by atoms with Gasteiger partial charge in [0.2, 0.25) is 5.75 Å². The Labute approximate surface area is 107 Å². The first-order valence-corrected chi connectivity index (χ1v) is 5.61. The topological polar surface area (TPSA) is 53.5 Å². The maximum absolute atomic E-state index is 5.33. The Kier molecular flexibility index (Phi) is 3.33. The van der Waals surface area contributed by atoms with Crippen molar-refractivity contribution < 1.29 is 14.2 Å². The van der Waals surface area contributed by atoms with Crippen LogP contribution in [-0.2, 0) is 0 Å².